The van der Waals surface area contributed by atoms with Crippen LogP contribution >= 0.6 is 0 Å². The standard InChI is InChI=1S/C21H20FNO4/c1-2-3-14-4-5-15(10-18(14)20-13-25-8-9-26-20)21(24)27-17-7-6-16(12-23)19(22)11-17/h4-7,10-11,20H,2-3,8-9,13H2,1H3. The summed E-state index contributed by atoms with van der Waals surface area (Å²) in [5, 5.41) is 8.77. The third-order valence-corrected chi connectivity index (χ3v) is 4.34. The van der Waals surface area contributed by atoms with Gasteiger partial charge in [-0.25, -0.2) is 9.18 Å². The van der Waals surface area contributed by atoms with Gasteiger partial charge < -0.3 is 14.2 Å². The Morgan fingerprint density at radius 2 is 2.15 bits per heavy atom. The van der Waals surface area contributed by atoms with Gasteiger partial charge in [-0.15, -0.1) is 0 Å². The van der Waals surface area contributed by atoms with E-state index in [9.17, 15) is 9.18 Å². The van der Waals surface area contributed by atoms with Crippen LogP contribution in [-0.4, -0.2) is 25.8 Å². The molecule has 2 aromatic rings. The lowest BCUT2D eigenvalue weighted by Gasteiger charge is -2.25. The van der Waals surface area contributed by atoms with Gasteiger partial charge in [0.2, 0.25) is 0 Å². The monoisotopic (exact) mass is 369 g/mol. The van der Waals surface area contributed by atoms with Crippen LogP contribution in [0.2, 0.25) is 0 Å². The largest absolute Gasteiger partial charge is 0.423 e. The Bertz CT molecular complexity index is 869. The average molecular weight is 369 g/mol. The molecule has 0 spiro atoms. The van der Waals surface area contributed by atoms with Crippen molar-refractivity contribution in [3.8, 4) is 11.8 Å². The number of benzene rings is 2. The number of carbonyl (C=O) groups excluding carboxylic acids is 1. The highest BCUT2D eigenvalue weighted by Crippen LogP contribution is 2.27. The number of halogens is 1. The third kappa shape index (κ3) is 4.51. The van der Waals surface area contributed by atoms with E-state index in [-0.39, 0.29) is 17.4 Å². The van der Waals surface area contributed by atoms with Crippen LogP contribution in [0.4, 0.5) is 4.39 Å². The van der Waals surface area contributed by atoms with E-state index >= 15 is 0 Å². The number of hydrogen-bond acceptors (Lipinski definition) is 5. The molecule has 2 aromatic carbocycles. The lowest BCUT2D eigenvalue weighted by atomic mass is 9.96. The van der Waals surface area contributed by atoms with E-state index in [0.717, 1.165) is 30.0 Å². The van der Waals surface area contributed by atoms with Gasteiger partial charge in [-0.1, -0.05) is 19.4 Å². The molecular formula is C21H20FNO4. The van der Waals surface area contributed by atoms with Crippen molar-refractivity contribution in [2.45, 2.75) is 25.9 Å². The summed E-state index contributed by atoms with van der Waals surface area (Å²) in [6.07, 6.45) is 1.61. The molecule has 3 rings (SSSR count). The van der Waals surface area contributed by atoms with E-state index in [1.54, 1.807) is 18.2 Å². The molecule has 0 amide bonds. The highest BCUT2D eigenvalue weighted by molar-refractivity contribution is 5.91. The first-order chi connectivity index (χ1) is 13.1. The Morgan fingerprint density at radius 1 is 1.30 bits per heavy atom. The maximum Gasteiger partial charge on any atom is 0.343 e. The molecule has 1 fully saturated rings. The number of hydrogen-bond donors (Lipinski definition) is 0. The first-order valence-electron chi connectivity index (χ1n) is 8.86. The van der Waals surface area contributed by atoms with Crippen molar-refractivity contribution in [1.29, 1.82) is 5.26 Å². The molecule has 27 heavy (non-hydrogen) atoms. The van der Waals surface area contributed by atoms with Crippen molar-refractivity contribution < 1.29 is 23.4 Å². The van der Waals surface area contributed by atoms with Crippen LogP contribution in [-0.2, 0) is 15.9 Å². The predicted molar refractivity (Wildman–Crippen MR) is 96.0 cm³/mol. The smallest absolute Gasteiger partial charge is 0.343 e. The maximum atomic E-state index is 13.7. The van der Waals surface area contributed by atoms with Gasteiger partial charge in [0.05, 0.1) is 30.9 Å². The topological polar surface area (TPSA) is 68.6 Å². The van der Waals surface area contributed by atoms with Crippen LogP contribution in [0.25, 0.3) is 0 Å². The Balaban J connectivity index is 1.84. The number of aryl methyl sites for hydroxylation is 1. The van der Waals surface area contributed by atoms with Gasteiger partial charge in [0.1, 0.15) is 23.7 Å². The molecule has 0 bridgehead atoms. The van der Waals surface area contributed by atoms with E-state index in [1.165, 1.54) is 12.1 Å². The molecule has 140 valence electrons. The SMILES string of the molecule is CCCc1ccc(C(=O)Oc2ccc(C#N)c(F)c2)cc1C1COCCO1. The predicted octanol–water partition coefficient (Wildman–Crippen LogP) is 3.96. The van der Waals surface area contributed by atoms with Crippen LogP contribution in [0.3, 0.4) is 0 Å². The lowest BCUT2D eigenvalue weighted by Crippen LogP contribution is -2.23. The average Bonchev–Trinajstić information content (AvgIpc) is 2.69. The van der Waals surface area contributed by atoms with E-state index in [4.69, 9.17) is 19.5 Å². The Labute approximate surface area is 157 Å². The molecule has 1 atom stereocenters. The number of ether oxygens (including phenoxy) is 3. The number of rotatable bonds is 5. The van der Waals surface area contributed by atoms with E-state index in [2.05, 4.69) is 6.92 Å². The van der Waals surface area contributed by atoms with Crippen LogP contribution < -0.4 is 4.74 Å². The van der Waals surface area contributed by atoms with Crippen molar-refractivity contribution in [1.82, 2.24) is 0 Å². The minimum Gasteiger partial charge on any atom is -0.423 e. The molecule has 0 aromatic heterocycles. The molecular weight excluding hydrogens is 349 g/mol. The second kappa shape index (κ2) is 8.76. The van der Waals surface area contributed by atoms with Crippen LogP contribution in [0.1, 0.15) is 46.5 Å². The molecule has 1 aliphatic rings. The van der Waals surface area contributed by atoms with E-state index in [1.807, 2.05) is 6.07 Å². The highest BCUT2D eigenvalue weighted by atomic mass is 19.1. The summed E-state index contributed by atoms with van der Waals surface area (Å²) in [4.78, 5) is 12.5. The van der Waals surface area contributed by atoms with Gasteiger partial charge in [-0.2, -0.15) is 5.26 Å². The third-order valence-electron chi connectivity index (χ3n) is 4.34. The number of nitriles is 1. The van der Waals surface area contributed by atoms with Gasteiger partial charge >= 0.3 is 5.97 Å². The minimum atomic E-state index is -0.727. The first-order valence-corrected chi connectivity index (χ1v) is 8.86. The summed E-state index contributed by atoms with van der Waals surface area (Å²) >= 11 is 0. The molecule has 0 saturated carbocycles. The molecule has 1 aliphatic heterocycles. The number of carbonyl (C=O) groups is 1. The molecule has 0 aliphatic carbocycles. The van der Waals surface area contributed by atoms with Crippen LogP contribution in [0.15, 0.2) is 36.4 Å². The second-order valence-electron chi connectivity index (χ2n) is 6.24. The lowest BCUT2D eigenvalue weighted by molar-refractivity contribution is -0.0904. The van der Waals surface area contributed by atoms with Gasteiger partial charge in [0.15, 0.2) is 0 Å². The zero-order valence-corrected chi connectivity index (χ0v) is 15.0. The summed E-state index contributed by atoms with van der Waals surface area (Å²) in [6, 6.07) is 10.8. The normalized spacial score (nSPS) is 16.6. The molecule has 0 radical (unpaired) electrons. The molecule has 6 heteroatoms. The zero-order chi connectivity index (χ0) is 19.2. The van der Waals surface area contributed by atoms with Crippen molar-refractivity contribution in [3.63, 3.8) is 0 Å². The van der Waals surface area contributed by atoms with E-state index in [0.29, 0.717) is 25.4 Å². The van der Waals surface area contributed by atoms with Crippen molar-refractivity contribution in [2.24, 2.45) is 0 Å². The number of esters is 1. The summed E-state index contributed by atoms with van der Waals surface area (Å²) in [7, 11) is 0. The fourth-order valence-corrected chi connectivity index (χ4v) is 3.00. The fourth-order valence-electron chi connectivity index (χ4n) is 3.00. The maximum absolute atomic E-state index is 13.7. The zero-order valence-electron chi connectivity index (χ0n) is 15.0. The Hall–Kier alpha value is -2.75. The Morgan fingerprint density at radius 3 is 2.81 bits per heavy atom. The summed E-state index contributed by atoms with van der Waals surface area (Å²) < 4.78 is 30.2. The fraction of sp³-hybridized carbons (Fsp3) is 0.333. The molecule has 1 heterocycles. The van der Waals surface area contributed by atoms with Crippen LogP contribution in [0.5, 0.6) is 5.75 Å². The molecule has 1 saturated heterocycles. The summed E-state index contributed by atoms with van der Waals surface area (Å²) in [5.41, 5.74) is 2.27. The minimum absolute atomic E-state index is 0.0490. The molecule has 1 unspecified atom stereocenters. The summed E-state index contributed by atoms with van der Waals surface area (Å²) in [5.74, 6) is -1.28. The van der Waals surface area contributed by atoms with Crippen molar-refractivity contribution >= 4 is 5.97 Å². The molecule has 0 N–H and O–H groups in total. The van der Waals surface area contributed by atoms with Crippen molar-refractivity contribution in [2.75, 3.05) is 19.8 Å². The second-order valence-corrected chi connectivity index (χ2v) is 6.24. The highest BCUT2D eigenvalue weighted by Gasteiger charge is 2.22. The van der Waals surface area contributed by atoms with Crippen LogP contribution in [0, 0.1) is 17.1 Å². The number of nitrogens with zero attached hydrogens (tertiary/aromatic N) is 1. The van der Waals surface area contributed by atoms with Crippen molar-refractivity contribution in [3.05, 3.63) is 64.5 Å². The first kappa shape index (κ1) is 19.0. The summed E-state index contributed by atoms with van der Waals surface area (Å²) in [6.45, 7) is 3.60. The van der Waals surface area contributed by atoms with Gasteiger partial charge in [0, 0.05) is 6.07 Å². The van der Waals surface area contributed by atoms with Gasteiger partial charge in [0.25, 0.3) is 0 Å². The quantitative estimate of drug-likeness (QED) is 0.589. The molecule has 5 nitrogen and oxygen atoms in total. The van der Waals surface area contributed by atoms with E-state index < -0.39 is 11.8 Å². The Kier molecular flexibility index (Phi) is 6.17. The van der Waals surface area contributed by atoms with Gasteiger partial charge in [-0.05, 0) is 41.8 Å². The van der Waals surface area contributed by atoms with Gasteiger partial charge in [-0.3, -0.25) is 0 Å².